The standard InChI is InChI=1S/C13H26N2O2/c1-4-5-6-11(2)12(16)14-9-13(17)7-8-15(3)10-13/h11,17H,4-10H2,1-3H3,(H,14,16)/t11-,13-/m0/s1. The topological polar surface area (TPSA) is 52.6 Å². The van der Waals surface area contributed by atoms with Crippen LogP contribution in [0, 0.1) is 5.92 Å². The first-order valence-corrected chi connectivity index (χ1v) is 6.65. The van der Waals surface area contributed by atoms with Crippen LogP contribution in [0.5, 0.6) is 0 Å². The Morgan fingerprint density at radius 2 is 2.29 bits per heavy atom. The van der Waals surface area contributed by atoms with E-state index in [0.717, 1.165) is 32.2 Å². The summed E-state index contributed by atoms with van der Waals surface area (Å²) in [5, 5.41) is 13.1. The van der Waals surface area contributed by atoms with E-state index in [4.69, 9.17) is 0 Å². The summed E-state index contributed by atoms with van der Waals surface area (Å²) in [6, 6.07) is 0. The zero-order valence-corrected chi connectivity index (χ0v) is 11.3. The van der Waals surface area contributed by atoms with Gasteiger partial charge >= 0.3 is 0 Å². The van der Waals surface area contributed by atoms with Crippen molar-refractivity contribution in [2.45, 2.75) is 45.1 Å². The number of amides is 1. The van der Waals surface area contributed by atoms with Gasteiger partial charge in [0.2, 0.25) is 5.91 Å². The molecular formula is C13H26N2O2. The summed E-state index contributed by atoms with van der Waals surface area (Å²) < 4.78 is 0. The number of unbranched alkanes of at least 4 members (excludes halogenated alkanes) is 1. The quantitative estimate of drug-likeness (QED) is 0.730. The highest BCUT2D eigenvalue weighted by atomic mass is 16.3. The first-order valence-electron chi connectivity index (χ1n) is 6.65. The number of rotatable bonds is 6. The largest absolute Gasteiger partial charge is 0.387 e. The second-order valence-electron chi connectivity index (χ2n) is 5.47. The second kappa shape index (κ2) is 6.36. The maximum Gasteiger partial charge on any atom is 0.222 e. The van der Waals surface area contributed by atoms with E-state index >= 15 is 0 Å². The molecule has 0 unspecified atom stereocenters. The Labute approximate surface area is 104 Å². The number of carbonyl (C=O) groups excluding carboxylic acids is 1. The van der Waals surface area contributed by atoms with E-state index in [9.17, 15) is 9.90 Å². The molecule has 0 aromatic rings. The van der Waals surface area contributed by atoms with E-state index in [0.29, 0.717) is 13.1 Å². The molecule has 100 valence electrons. The van der Waals surface area contributed by atoms with Crippen molar-refractivity contribution >= 4 is 5.91 Å². The Bertz CT molecular complexity index is 258. The average Bonchev–Trinajstić information content (AvgIpc) is 2.63. The van der Waals surface area contributed by atoms with Crippen molar-refractivity contribution in [1.29, 1.82) is 0 Å². The summed E-state index contributed by atoms with van der Waals surface area (Å²) >= 11 is 0. The zero-order chi connectivity index (χ0) is 12.9. The summed E-state index contributed by atoms with van der Waals surface area (Å²) in [4.78, 5) is 13.9. The van der Waals surface area contributed by atoms with Crippen LogP contribution in [0.2, 0.25) is 0 Å². The lowest BCUT2D eigenvalue weighted by molar-refractivity contribution is -0.125. The second-order valence-corrected chi connectivity index (χ2v) is 5.47. The van der Waals surface area contributed by atoms with Gasteiger partial charge in [-0.25, -0.2) is 0 Å². The highest BCUT2D eigenvalue weighted by Crippen LogP contribution is 2.19. The number of hydrogen-bond acceptors (Lipinski definition) is 3. The molecule has 0 aliphatic carbocycles. The normalized spacial score (nSPS) is 27.1. The molecule has 1 fully saturated rings. The number of nitrogens with one attached hydrogen (secondary N) is 1. The van der Waals surface area contributed by atoms with Gasteiger partial charge in [0.25, 0.3) is 0 Å². The van der Waals surface area contributed by atoms with Crippen LogP contribution in [-0.4, -0.2) is 48.2 Å². The summed E-state index contributed by atoms with van der Waals surface area (Å²) in [7, 11) is 1.99. The Morgan fingerprint density at radius 1 is 1.59 bits per heavy atom. The molecule has 0 saturated carbocycles. The highest BCUT2D eigenvalue weighted by Gasteiger charge is 2.34. The fourth-order valence-corrected chi connectivity index (χ4v) is 2.27. The molecule has 1 saturated heterocycles. The predicted molar refractivity (Wildman–Crippen MR) is 68.8 cm³/mol. The van der Waals surface area contributed by atoms with Crippen molar-refractivity contribution in [3.8, 4) is 0 Å². The minimum absolute atomic E-state index is 0.0534. The van der Waals surface area contributed by atoms with Gasteiger partial charge in [0.1, 0.15) is 0 Å². The lowest BCUT2D eigenvalue weighted by Crippen LogP contribution is -2.45. The van der Waals surface area contributed by atoms with Crippen LogP contribution in [0.3, 0.4) is 0 Å². The molecule has 17 heavy (non-hydrogen) atoms. The minimum Gasteiger partial charge on any atom is -0.387 e. The number of carbonyl (C=O) groups is 1. The maximum atomic E-state index is 11.8. The molecule has 4 nitrogen and oxygen atoms in total. The molecule has 1 rings (SSSR count). The third-order valence-electron chi connectivity index (χ3n) is 3.55. The van der Waals surface area contributed by atoms with Crippen molar-refractivity contribution in [3.63, 3.8) is 0 Å². The van der Waals surface area contributed by atoms with Crippen molar-refractivity contribution in [1.82, 2.24) is 10.2 Å². The number of nitrogens with zero attached hydrogens (tertiary/aromatic N) is 1. The van der Waals surface area contributed by atoms with E-state index in [2.05, 4.69) is 17.1 Å². The van der Waals surface area contributed by atoms with Crippen LogP contribution < -0.4 is 5.32 Å². The predicted octanol–water partition coefficient (Wildman–Crippen LogP) is 0.995. The summed E-state index contributed by atoms with van der Waals surface area (Å²) in [5.41, 5.74) is -0.727. The van der Waals surface area contributed by atoms with Crippen LogP contribution in [-0.2, 0) is 4.79 Å². The van der Waals surface area contributed by atoms with Gasteiger partial charge < -0.3 is 15.3 Å². The molecule has 2 N–H and O–H groups in total. The third kappa shape index (κ3) is 4.64. The molecule has 0 bridgehead atoms. The summed E-state index contributed by atoms with van der Waals surface area (Å²) in [5.74, 6) is 0.124. The van der Waals surface area contributed by atoms with Gasteiger partial charge in [-0.15, -0.1) is 0 Å². The van der Waals surface area contributed by atoms with Crippen LogP contribution in [0.4, 0.5) is 0 Å². The lowest BCUT2D eigenvalue weighted by Gasteiger charge is -2.23. The number of β-amino-alcohol motifs (C(OH)–C–C–N with tert-alkyl or cyclic N) is 1. The number of hydrogen-bond donors (Lipinski definition) is 2. The fourth-order valence-electron chi connectivity index (χ4n) is 2.27. The molecule has 1 amide bonds. The van der Waals surface area contributed by atoms with Gasteiger partial charge in [0, 0.05) is 25.6 Å². The van der Waals surface area contributed by atoms with Crippen molar-refractivity contribution < 1.29 is 9.90 Å². The molecule has 0 aromatic carbocycles. The monoisotopic (exact) mass is 242 g/mol. The third-order valence-corrected chi connectivity index (χ3v) is 3.55. The minimum atomic E-state index is -0.727. The molecular weight excluding hydrogens is 216 g/mol. The van der Waals surface area contributed by atoms with Gasteiger partial charge in [-0.05, 0) is 19.9 Å². The smallest absolute Gasteiger partial charge is 0.222 e. The van der Waals surface area contributed by atoms with Crippen LogP contribution in [0.1, 0.15) is 39.5 Å². The average molecular weight is 242 g/mol. The van der Waals surface area contributed by atoms with E-state index in [1.54, 1.807) is 0 Å². The van der Waals surface area contributed by atoms with Crippen LogP contribution in [0.25, 0.3) is 0 Å². The Hall–Kier alpha value is -0.610. The maximum absolute atomic E-state index is 11.8. The lowest BCUT2D eigenvalue weighted by atomic mass is 10.0. The molecule has 1 heterocycles. The molecule has 0 aromatic heterocycles. The summed E-state index contributed by atoms with van der Waals surface area (Å²) in [6.07, 6.45) is 3.88. The van der Waals surface area contributed by atoms with Crippen LogP contribution in [0.15, 0.2) is 0 Å². The van der Waals surface area contributed by atoms with Gasteiger partial charge in [0.15, 0.2) is 0 Å². The Kier molecular flexibility index (Phi) is 5.40. The Morgan fingerprint density at radius 3 is 2.82 bits per heavy atom. The fraction of sp³-hybridized carbons (Fsp3) is 0.923. The van der Waals surface area contributed by atoms with Crippen molar-refractivity contribution in [2.75, 3.05) is 26.7 Å². The SMILES string of the molecule is CCCC[C@H](C)C(=O)NC[C@@]1(O)CCN(C)C1. The van der Waals surface area contributed by atoms with E-state index in [-0.39, 0.29) is 11.8 Å². The Balaban J connectivity index is 2.27. The first kappa shape index (κ1) is 14.5. The molecule has 2 atom stereocenters. The van der Waals surface area contributed by atoms with Gasteiger partial charge in [-0.1, -0.05) is 26.7 Å². The number of likely N-dealkylation sites (N-methyl/N-ethyl adjacent to an activating group) is 1. The van der Waals surface area contributed by atoms with Crippen molar-refractivity contribution in [3.05, 3.63) is 0 Å². The molecule has 1 aliphatic heterocycles. The molecule has 4 heteroatoms. The highest BCUT2D eigenvalue weighted by molar-refractivity contribution is 5.78. The number of likely N-dealkylation sites (tertiary alicyclic amines) is 1. The molecule has 1 aliphatic rings. The summed E-state index contributed by atoms with van der Waals surface area (Å²) in [6.45, 7) is 6.01. The number of aliphatic hydroxyl groups is 1. The first-order chi connectivity index (χ1) is 7.97. The zero-order valence-electron chi connectivity index (χ0n) is 11.3. The van der Waals surface area contributed by atoms with E-state index in [1.807, 2.05) is 14.0 Å². The van der Waals surface area contributed by atoms with Crippen molar-refractivity contribution in [2.24, 2.45) is 5.92 Å². The van der Waals surface area contributed by atoms with Gasteiger partial charge in [0.05, 0.1) is 5.60 Å². The van der Waals surface area contributed by atoms with Gasteiger partial charge in [-0.2, -0.15) is 0 Å². The molecule has 0 radical (unpaired) electrons. The molecule has 0 spiro atoms. The van der Waals surface area contributed by atoms with E-state index < -0.39 is 5.60 Å². The van der Waals surface area contributed by atoms with E-state index in [1.165, 1.54) is 0 Å². The van der Waals surface area contributed by atoms with Crippen LogP contribution >= 0.6 is 0 Å². The van der Waals surface area contributed by atoms with Gasteiger partial charge in [-0.3, -0.25) is 4.79 Å².